The Morgan fingerprint density at radius 1 is 1.33 bits per heavy atom. The predicted molar refractivity (Wildman–Crippen MR) is 88.3 cm³/mol. The van der Waals surface area contributed by atoms with Crippen molar-refractivity contribution < 1.29 is 9.90 Å². The summed E-state index contributed by atoms with van der Waals surface area (Å²) in [4.78, 5) is 11.7. The van der Waals surface area contributed by atoms with Gasteiger partial charge in [-0.05, 0) is 42.4 Å². The average Bonchev–Trinajstić information content (AvgIpc) is 2.94. The molecule has 0 aromatic heterocycles. The highest BCUT2D eigenvalue weighted by atomic mass is 35.5. The number of aliphatic hydroxyl groups excluding tert-OH is 1. The van der Waals surface area contributed by atoms with Gasteiger partial charge >= 0.3 is 6.03 Å². The summed E-state index contributed by atoms with van der Waals surface area (Å²) in [6.07, 6.45) is 1.52. The third-order valence-electron chi connectivity index (χ3n) is 3.24. The Balaban J connectivity index is 1.74. The monoisotopic (exact) mass is 348 g/mol. The maximum atomic E-state index is 11.7. The molecule has 0 bridgehead atoms. The van der Waals surface area contributed by atoms with Crippen molar-refractivity contribution in [3.05, 3.63) is 33.8 Å². The van der Waals surface area contributed by atoms with E-state index in [4.69, 9.17) is 23.2 Å². The summed E-state index contributed by atoms with van der Waals surface area (Å²) >= 11 is 13.7. The van der Waals surface area contributed by atoms with E-state index in [-0.39, 0.29) is 12.6 Å². The van der Waals surface area contributed by atoms with Gasteiger partial charge in [-0.25, -0.2) is 4.79 Å². The van der Waals surface area contributed by atoms with Crippen LogP contribution in [-0.2, 0) is 0 Å². The molecule has 1 aromatic carbocycles. The van der Waals surface area contributed by atoms with Crippen molar-refractivity contribution in [1.82, 2.24) is 10.6 Å². The SMILES string of the molecule is O=C(NCC1CCCS1)NCC(O)c1cc(Cl)cc(Cl)c1. The van der Waals surface area contributed by atoms with Crippen molar-refractivity contribution in [3.63, 3.8) is 0 Å². The normalized spacial score (nSPS) is 19.3. The van der Waals surface area contributed by atoms with Gasteiger partial charge in [0.05, 0.1) is 6.10 Å². The topological polar surface area (TPSA) is 61.4 Å². The molecular weight excluding hydrogens is 331 g/mol. The Kier molecular flexibility index (Phi) is 6.48. The van der Waals surface area contributed by atoms with E-state index in [2.05, 4.69) is 10.6 Å². The molecule has 2 atom stereocenters. The summed E-state index contributed by atoms with van der Waals surface area (Å²) in [5.41, 5.74) is 0.583. The maximum absolute atomic E-state index is 11.7. The van der Waals surface area contributed by atoms with E-state index >= 15 is 0 Å². The van der Waals surface area contributed by atoms with E-state index in [0.29, 0.717) is 27.4 Å². The second-order valence-corrected chi connectivity index (χ2v) is 7.23. The molecule has 2 amide bonds. The molecule has 21 heavy (non-hydrogen) atoms. The molecule has 1 aromatic rings. The van der Waals surface area contributed by atoms with Gasteiger partial charge in [-0.2, -0.15) is 11.8 Å². The third-order valence-corrected chi connectivity index (χ3v) is 5.07. The molecule has 4 nitrogen and oxygen atoms in total. The lowest BCUT2D eigenvalue weighted by molar-refractivity contribution is 0.173. The summed E-state index contributed by atoms with van der Waals surface area (Å²) in [6.45, 7) is 0.774. The number of nitrogens with one attached hydrogen (secondary N) is 2. The van der Waals surface area contributed by atoms with Gasteiger partial charge in [-0.3, -0.25) is 0 Å². The van der Waals surface area contributed by atoms with Gasteiger partial charge in [-0.15, -0.1) is 0 Å². The number of aliphatic hydroxyl groups is 1. The number of thioether (sulfide) groups is 1. The van der Waals surface area contributed by atoms with Crippen molar-refractivity contribution in [1.29, 1.82) is 0 Å². The summed E-state index contributed by atoms with van der Waals surface area (Å²) in [6, 6.07) is 4.59. The highest BCUT2D eigenvalue weighted by molar-refractivity contribution is 8.00. The summed E-state index contributed by atoms with van der Waals surface area (Å²) in [5, 5.41) is 16.9. The Labute approximate surface area is 138 Å². The highest BCUT2D eigenvalue weighted by Gasteiger charge is 2.16. The molecule has 116 valence electrons. The van der Waals surface area contributed by atoms with E-state index in [1.54, 1.807) is 18.2 Å². The largest absolute Gasteiger partial charge is 0.387 e. The van der Waals surface area contributed by atoms with Gasteiger partial charge in [-0.1, -0.05) is 23.2 Å². The van der Waals surface area contributed by atoms with Crippen molar-refractivity contribution in [2.24, 2.45) is 0 Å². The number of rotatable bonds is 5. The molecule has 3 N–H and O–H groups in total. The Morgan fingerprint density at radius 2 is 2.05 bits per heavy atom. The van der Waals surface area contributed by atoms with Gasteiger partial charge < -0.3 is 15.7 Å². The lowest BCUT2D eigenvalue weighted by Gasteiger charge is -2.15. The molecule has 0 radical (unpaired) electrons. The summed E-state index contributed by atoms with van der Waals surface area (Å²) < 4.78 is 0. The van der Waals surface area contributed by atoms with Crippen molar-refractivity contribution in [3.8, 4) is 0 Å². The number of carbonyl (C=O) groups excluding carboxylic acids is 1. The highest BCUT2D eigenvalue weighted by Crippen LogP contribution is 2.25. The molecule has 0 saturated carbocycles. The molecule has 1 aliphatic rings. The fraction of sp³-hybridized carbons (Fsp3) is 0.500. The number of carbonyl (C=O) groups is 1. The number of halogens is 2. The Morgan fingerprint density at radius 3 is 2.67 bits per heavy atom. The van der Waals surface area contributed by atoms with Gasteiger partial charge in [0.25, 0.3) is 0 Å². The van der Waals surface area contributed by atoms with Crippen LogP contribution >= 0.6 is 35.0 Å². The summed E-state index contributed by atoms with van der Waals surface area (Å²) in [5.74, 6) is 1.17. The molecular formula is C14H18Cl2N2O2S. The lowest BCUT2D eigenvalue weighted by Crippen LogP contribution is -2.40. The van der Waals surface area contributed by atoms with Crippen molar-refractivity contribution in [2.45, 2.75) is 24.2 Å². The van der Waals surface area contributed by atoms with Crippen molar-refractivity contribution >= 4 is 41.0 Å². The zero-order valence-electron chi connectivity index (χ0n) is 11.4. The molecule has 0 spiro atoms. The molecule has 1 aliphatic heterocycles. The van der Waals surface area contributed by atoms with Crippen LogP contribution in [0, 0.1) is 0 Å². The molecule has 1 fully saturated rings. The minimum Gasteiger partial charge on any atom is -0.387 e. The minimum absolute atomic E-state index is 0.111. The van der Waals surface area contributed by atoms with Crippen LogP contribution in [0.3, 0.4) is 0 Å². The number of urea groups is 1. The molecule has 2 rings (SSSR count). The predicted octanol–water partition coefficient (Wildman–Crippen LogP) is 3.22. The number of amides is 2. The van der Waals surface area contributed by atoms with E-state index in [0.717, 1.165) is 6.42 Å². The van der Waals surface area contributed by atoms with Crippen LogP contribution in [0.4, 0.5) is 4.79 Å². The van der Waals surface area contributed by atoms with Crippen LogP contribution in [0.1, 0.15) is 24.5 Å². The first-order valence-corrected chi connectivity index (χ1v) is 8.62. The second kappa shape index (κ2) is 8.13. The fourth-order valence-electron chi connectivity index (χ4n) is 2.15. The molecule has 0 aliphatic carbocycles. The Hall–Kier alpha value is -0.620. The van der Waals surface area contributed by atoms with Gasteiger partial charge in [0, 0.05) is 28.4 Å². The fourth-order valence-corrected chi connectivity index (χ4v) is 3.89. The van der Waals surface area contributed by atoms with Gasteiger partial charge in [0.2, 0.25) is 0 Å². The van der Waals surface area contributed by atoms with Crippen LogP contribution < -0.4 is 10.6 Å². The van der Waals surface area contributed by atoms with Crippen LogP contribution in [0.25, 0.3) is 0 Å². The smallest absolute Gasteiger partial charge is 0.314 e. The first kappa shape index (κ1) is 16.7. The first-order chi connectivity index (χ1) is 10.0. The average molecular weight is 349 g/mol. The van der Waals surface area contributed by atoms with E-state index < -0.39 is 6.10 Å². The second-order valence-electron chi connectivity index (χ2n) is 4.94. The standard InChI is InChI=1S/C14H18Cl2N2O2S/c15-10-4-9(5-11(16)6-10)13(19)8-18-14(20)17-7-12-2-1-3-21-12/h4-6,12-13,19H,1-3,7-8H2,(H2,17,18,20). The van der Waals surface area contributed by atoms with Crippen LogP contribution in [0.2, 0.25) is 10.0 Å². The summed E-state index contributed by atoms with van der Waals surface area (Å²) in [7, 11) is 0. The van der Waals surface area contributed by atoms with E-state index in [1.165, 1.54) is 12.2 Å². The zero-order valence-corrected chi connectivity index (χ0v) is 13.8. The van der Waals surface area contributed by atoms with Crippen molar-refractivity contribution in [2.75, 3.05) is 18.8 Å². The maximum Gasteiger partial charge on any atom is 0.314 e. The van der Waals surface area contributed by atoms with Crippen LogP contribution in [0.5, 0.6) is 0 Å². The lowest BCUT2D eigenvalue weighted by atomic mass is 10.1. The van der Waals surface area contributed by atoms with Gasteiger partial charge in [0.1, 0.15) is 0 Å². The number of hydrogen-bond donors (Lipinski definition) is 3. The zero-order chi connectivity index (χ0) is 15.2. The minimum atomic E-state index is -0.840. The first-order valence-electron chi connectivity index (χ1n) is 6.82. The molecule has 1 heterocycles. The molecule has 7 heteroatoms. The third kappa shape index (κ3) is 5.58. The number of hydrogen-bond acceptors (Lipinski definition) is 3. The quantitative estimate of drug-likeness (QED) is 0.765. The van der Waals surface area contributed by atoms with E-state index in [1.807, 2.05) is 11.8 Å². The Bertz CT molecular complexity index is 476. The van der Waals surface area contributed by atoms with Gasteiger partial charge in [0.15, 0.2) is 0 Å². The number of benzene rings is 1. The van der Waals surface area contributed by atoms with Crippen LogP contribution in [0.15, 0.2) is 18.2 Å². The molecule has 1 saturated heterocycles. The van der Waals surface area contributed by atoms with Crippen LogP contribution in [-0.4, -0.2) is 35.2 Å². The van der Waals surface area contributed by atoms with E-state index in [9.17, 15) is 9.90 Å². The molecule has 2 unspecified atom stereocenters.